The molecule has 1 aliphatic rings. The lowest BCUT2D eigenvalue weighted by Gasteiger charge is -2.22. The van der Waals surface area contributed by atoms with E-state index in [0.29, 0.717) is 11.3 Å². The van der Waals surface area contributed by atoms with Gasteiger partial charge in [0.2, 0.25) is 5.91 Å². The maximum absolute atomic E-state index is 13.9. The Hall–Kier alpha value is -3.29. The van der Waals surface area contributed by atoms with Crippen molar-refractivity contribution in [3.63, 3.8) is 0 Å². The molecule has 3 amide bonds. The van der Waals surface area contributed by atoms with Gasteiger partial charge in [-0.3, -0.25) is 14.4 Å². The third kappa shape index (κ3) is 5.20. The van der Waals surface area contributed by atoms with Gasteiger partial charge in [0.05, 0.1) is 0 Å². The van der Waals surface area contributed by atoms with E-state index < -0.39 is 35.1 Å². The van der Waals surface area contributed by atoms with Gasteiger partial charge in [-0.2, -0.15) is 0 Å². The van der Waals surface area contributed by atoms with Crippen LogP contribution in [-0.2, 0) is 4.79 Å². The van der Waals surface area contributed by atoms with E-state index in [1.54, 1.807) is 32.0 Å². The predicted molar refractivity (Wildman–Crippen MR) is 108 cm³/mol. The van der Waals surface area contributed by atoms with Crippen molar-refractivity contribution in [2.24, 2.45) is 5.92 Å². The molecule has 30 heavy (non-hydrogen) atoms. The van der Waals surface area contributed by atoms with Crippen LogP contribution in [0, 0.1) is 17.6 Å². The molecule has 158 valence electrons. The van der Waals surface area contributed by atoms with E-state index in [2.05, 4.69) is 16.0 Å². The Labute approximate surface area is 173 Å². The van der Waals surface area contributed by atoms with Crippen LogP contribution < -0.4 is 16.0 Å². The summed E-state index contributed by atoms with van der Waals surface area (Å²) < 4.78 is 27.8. The van der Waals surface area contributed by atoms with Gasteiger partial charge >= 0.3 is 0 Å². The number of carbonyl (C=O) groups is 3. The summed E-state index contributed by atoms with van der Waals surface area (Å²) in [5, 5.41) is 7.92. The first-order valence-electron chi connectivity index (χ1n) is 9.73. The van der Waals surface area contributed by atoms with Crippen molar-refractivity contribution in [1.82, 2.24) is 10.6 Å². The first-order chi connectivity index (χ1) is 14.3. The SMILES string of the molecule is CC(C)C(NC(=O)c1c(F)cccc1F)C(=O)Nc1cccc(C(=O)NC2CC2)c1. The van der Waals surface area contributed by atoms with Gasteiger partial charge in [-0.05, 0) is 49.1 Å². The molecule has 2 aromatic carbocycles. The summed E-state index contributed by atoms with van der Waals surface area (Å²) in [6.07, 6.45) is 1.92. The number of anilines is 1. The molecular weight excluding hydrogens is 392 g/mol. The van der Waals surface area contributed by atoms with E-state index in [9.17, 15) is 23.2 Å². The van der Waals surface area contributed by atoms with E-state index in [1.807, 2.05) is 0 Å². The Bertz CT molecular complexity index is 954. The molecule has 0 aliphatic heterocycles. The van der Waals surface area contributed by atoms with Crippen LogP contribution in [0.3, 0.4) is 0 Å². The van der Waals surface area contributed by atoms with E-state index in [0.717, 1.165) is 31.0 Å². The summed E-state index contributed by atoms with van der Waals surface area (Å²) in [5.41, 5.74) is 0.0355. The molecule has 3 N–H and O–H groups in total. The normalized spacial score (nSPS) is 14.2. The maximum atomic E-state index is 13.9. The van der Waals surface area contributed by atoms with Gasteiger partial charge in [-0.1, -0.05) is 26.0 Å². The van der Waals surface area contributed by atoms with Crippen LogP contribution in [0.4, 0.5) is 14.5 Å². The summed E-state index contributed by atoms with van der Waals surface area (Å²) in [4.78, 5) is 37.3. The number of amides is 3. The predicted octanol–water partition coefficient (Wildman–Crippen LogP) is 3.25. The molecule has 1 unspecified atom stereocenters. The van der Waals surface area contributed by atoms with Crippen molar-refractivity contribution < 1.29 is 23.2 Å². The van der Waals surface area contributed by atoms with Crippen molar-refractivity contribution in [1.29, 1.82) is 0 Å². The molecule has 0 saturated heterocycles. The highest BCUT2D eigenvalue weighted by Gasteiger charge is 2.28. The molecule has 3 rings (SSSR count). The third-order valence-electron chi connectivity index (χ3n) is 4.73. The molecule has 0 bridgehead atoms. The highest BCUT2D eigenvalue weighted by molar-refractivity contribution is 6.02. The highest BCUT2D eigenvalue weighted by atomic mass is 19.1. The number of hydrogen-bond acceptors (Lipinski definition) is 3. The molecule has 8 heteroatoms. The zero-order valence-electron chi connectivity index (χ0n) is 16.7. The van der Waals surface area contributed by atoms with Crippen LogP contribution in [0.15, 0.2) is 42.5 Å². The number of hydrogen-bond donors (Lipinski definition) is 3. The monoisotopic (exact) mass is 415 g/mol. The number of benzene rings is 2. The lowest BCUT2D eigenvalue weighted by Crippen LogP contribution is -2.47. The molecule has 1 saturated carbocycles. The largest absolute Gasteiger partial charge is 0.349 e. The fourth-order valence-electron chi connectivity index (χ4n) is 2.92. The molecule has 1 fully saturated rings. The smallest absolute Gasteiger partial charge is 0.257 e. The zero-order chi connectivity index (χ0) is 21.8. The Balaban J connectivity index is 1.71. The van der Waals surface area contributed by atoms with E-state index >= 15 is 0 Å². The van der Waals surface area contributed by atoms with Crippen LogP contribution in [-0.4, -0.2) is 29.8 Å². The summed E-state index contributed by atoms with van der Waals surface area (Å²) in [6.45, 7) is 3.39. The number of rotatable bonds is 7. The topological polar surface area (TPSA) is 87.3 Å². The van der Waals surface area contributed by atoms with Gasteiger partial charge in [0, 0.05) is 17.3 Å². The maximum Gasteiger partial charge on any atom is 0.257 e. The summed E-state index contributed by atoms with van der Waals surface area (Å²) in [6, 6.07) is 8.68. The minimum atomic E-state index is -1.04. The first kappa shape index (κ1) is 21.4. The minimum Gasteiger partial charge on any atom is -0.349 e. The van der Waals surface area contributed by atoms with Gasteiger partial charge < -0.3 is 16.0 Å². The fourth-order valence-corrected chi connectivity index (χ4v) is 2.92. The van der Waals surface area contributed by atoms with Crippen LogP contribution in [0.1, 0.15) is 47.4 Å². The molecule has 0 radical (unpaired) electrons. The average Bonchev–Trinajstić information content (AvgIpc) is 3.49. The van der Waals surface area contributed by atoms with E-state index in [1.165, 1.54) is 6.07 Å². The van der Waals surface area contributed by atoms with Gasteiger partial charge in [0.15, 0.2) is 0 Å². The molecule has 6 nitrogen and oxygen atoms in total. The van der Waals surface area contributed by atoms with Gasteiger partial charge in [0.25, 0.3) is 11.8 Å². The number of halogens is 2. The number of nitrogens with one attached hydrogen (secondary N) is 3. The van der Waals surface area contributed by atoms with Crippen LogP contribution >= 0.6 is 0 Å². The molecule has 2 aromatic rings. The standard InChI is InChI=1S/C22H23F2N3O3/c1-12(2)19(27-21(29)18-16(23)7-4-8-17(18)24)22(30)26-15-6-3-5-13(11-15)20(28)25-14-9-10-14/h3-8,11-12,14,19H,9-10H2,1-2H3,(H,25,28)(H,26,30)(H,27,29). The molecule has 0 aromatic heterocycles. The Morgan fingerprint density at radius 2 is 1.60 bits per heavy atom. The summed E-state index contributed by atoms with van der Waals surface area (Å²) in [7, 11) is 0. The molecule has 0 spiro atoms. The summed E-state index contributed by atoms with van der Waals surface area (Å²) >= 11 is 0. The lowest BCUT2D eigenvalue weighted by atomic mass is 10.0. The van der Waals surface area contributed by atoms with Crippen molar-refractivity contribution in [2.45, 2.75) is 38.8 Å². The van der Waals surface area contributed by atoms with Crippen molar-refractivity contribution >= 4 is 23.4 Å². The Kier molecular flexibility index (Phi) is 6.44. The zero-order valence-corrected chi connectivity index (χ0v) is 16.7. The lowest BCUT2D eigenvalue weighted by molar-refractivity contribution is -0.118. The van der Waals surface area contributed by atoms with E-state index in [-0.39, 0.29) is 17.9 Å². The van der Waals surface area contributed by atoms with Gasteiger partial charge in [0.1, 0.15) is 23.2 Å². The fraction of sp³-hybridized carbons (Fsp3) is 0.318. The second-order valence-electron chi connectivity index (χ2n) is 7.61. The van der Waals surface area contributed by atoms with Gasteiger partial charge in [-0.15, -0.1) is 0 Å². The van der Waals surface area contributed by atoms with E-state index in [4.69, 9.17) is 0 Å². The molecule has 1 aliphatic carbocycles. The van der Waals surface area contributed by atoms with Crippen LogP contribution in [0.25, 0.3) is 0 Å². The van der Waals surface area contributed by atoms with Crippen molar-refractivity contribution in [2.75, 3.05) is 5.32 Å². The minimum absolute atomic E-state index is 0.204. The van der Waals surface area contributed by atoms with Crippen molar-refractivity contribution in [3.8, 4) is 0 Å². The summed E-state index contributed by atoms with van der Waals surface area (Å²) in [5.74, 6) is -4.18. The highest BCUT2D eigenvalue weighted by Crippen LogP contribution is 2.20. The molecule has 0 heterocycles. The Morgan fingerprint density at radius 1 is 0.967 bits per heavy atom. The second-order valence-corrected chi connectivity index (χ2v) is 7.61. The molecule has 1 atom stereocenters. The van der Waals surface area contributed by atoms with Crippen molar-refractivity contribution in [3.05, 3.63) is 65.2 Å². The van der Waals surface area contributed by atoms with Crippen LogP contribution in [0.5, 0.6) is 0 Å². The second kappa shape index (κ2) is 9.02. The first-order valence-corrected chi connectivity index (χ1v) is 9.73. The average molecular weight is 415 g/mol. The Morgan fingerprint density at radius 3 is 2.20 bits per heavy atom. The van der Waals surface area contributed by atoms with Gasteiger partial charge in [-0.25, -0.2) is 8.78 Å². The third-order valence-corrected chi connectivity index (χ3v) is 4.73. The quantitative estimate of drug-likeness (QED) is 0.649. The van der Waals surface area contributed by atoms with Crippen LogP contribution in [0.2, 0.25) is 0 Å². The molecular formula is C22H23F2N3O3. The number of carbonyl (C=O) groups excluding carboxylic acids is 3.